The lowest BCUT2D eigenvalue weighted by molar-refractivity contribution is -0.0459. The Bertz CT molecular complexity index is 1630. The van der Waals surface area contributed by atoms with Crippen molar-refractivity contribution < 1.29 is 28.5 Å². The van der Waals surface area contributed by atoms with Gasteiger partial charge in [0.2, 0.25) is 11.2 Å². The van der Waals surface area contributed by atoms with E-state index in [9.17, 15) is 9.90 Å². The molecule has 0 aliphatic carbocycles. The Morgan fingerprint density at radius 1 is 0.757 bits per heavy atom. The predicted molar refractivity (Wildman–Crippen MR) is 138 cm³/mol. The summed E-state index contributed by atoms with van der Waals surface area (Å²) in [6.45, 7) is 0. The number of ether oxygens (including phenoxy) is 4. The van der Waals surface area contributed by atoms with Crippen molar-refractivity contribution in [3.05, 3.63) is 112 Å². The lowest BCUT2D eigenvalue weighted by Crippen LogP contribution is -2.36. The van der Waals surface area contributed by atoms with E-state index in [4.69, 9.17) is 23.4 Å². The first-order valence-corrected chi connectivity index (χ1v) is 11.6. The van der Waals surface area contributed by atoms with E-state index in [-0.39, 0.29) is 28.2 Å². The van der Waals surface area contributed by atoms with Crippen LogP contribution in [-0.2, 0) is 5.79 Å². The predicted octanol–water partition coefficient (Wildman–Crippen LogP) is 5.86. The molecule has 0 spiro atoms. The Labute approximate surface area is 212 Å². The van der Waals surface area contributed by atoms with Gasteiger partial charge in [0.25, 0.3) is 0 Å². The molecule has 6 rings (SSSR count). The van der Waals surface area contributed by atoms with Crippen molar-refractivity contribution >= 4 is 11.0 Å². The lowest BCUT2D eigenvalue weighted by Gasteiger charge is -2.28. The van der Waals surface area contributed by atoms with E-state index in [2.05, 4.69) is 0 Å². The quantitative estimate of drug-likeness (QED) is 0.328. The number of fused-ring (bicyclic) bond motifs is 2. The van der Waals surface area contributed by atoms with Crippen molar-refractivity contribution in [1.29, 1.82) is 0 Å². The molecule has 1 aliphatic heterocycles. The van der Waals surface area contributed by atoms with Crippen molar-refractivity contribution in [2.75, 3.05) is 14.2 Å². The second kappa shape index (κ2) is 8.64. The molecule has 0 saturated carbocycles. The molecule has 0 fully saturated rings. The highest BCUT2D eigenvalue weighted by Crippen LogP contribution is 2.49. The van der Waals surface area contributed by atoms with Crippen LogP contribution in [0.1, 0.15) is 11.1 Å². The Hall–Kier alpha value is -4.91. The third-order valence-corrected chi connectivity index (χ3v) is 6.37. The maximum atomic E-state index is 13.2. The third-order valence-electron chi connectivity index (χ3n) is 6.37. The topological polar surface area (TPSA) is 87.4 Å². The van der Waals surface area contributed by atoms with Gasteiger partial charge in [-0.3, -0.25) is 4.79 Å². The number of phenols is 1. The maximum Gasteiger partial charge on any atom is 0.305 e. The Morgan fingerprint density at radius 2 is 1.41 bits per heavy atom. The van der Waals surface area contributed by atoms with Crippen LogP contribution in [0.2, 0.25) is 0 Å². The van der Waals surface area contributed by atoms with Crippen LogP contribution in [-0.4, -0.2) is 19.3 Å². The normalized spacial score (nSPS) is 13.5. The fourth-order valence-corrected chi connectivity index (χ4v) is 4.61. The third kappa shape index (κ3) is 3.55. The van der Waals surface area contributed by atoms with Gasteiger partial charge in [-0.05, 0) is 18.2 Å². The van der Waals surface area contributed by atoms with Crippen molar-refractivity contribution in [3.8, 4) is 40.1 Å². The summed E-state index contributed by atoms with van der Waals surface area (Å²) in [7, 11) is 2.84. The minimum Gasteiger partial charge on any atom is -0.507 e. The summed E-state index contributed by atoms with van der Waals surface area (Å²) in [6, 6.07) is 27.6. The first-order valence-electron chi connectivity index (χ1n) is 11.6. The van der Waals surface area contributed by atoms with E-state index in [1.807, 2.05) is 60.7 Å². The Balaban J connectivity index is 1.51. The zero-order chi connectivity index (χ0) is 25.6. The smallest absolute Gasteiger partial charge is 0.305 e. The molecule has 7 nitrogen and oxygen atoms in total. The van der Waals surface area contributed by atoms with Gasteiger partial charge < -0.3 is 28.5 Å². The first-order chi connectivity index (χ1) is 18.0. The van der Waals surface area contributed by atoms with Crippen molar-refractivity contribution in [2.45, 2.75) is 5.79 Å². The number of rotatable bonds is 5. The highest BCUT2D eigenvalue weighted by atomic mass is 16.7. The number of hydrogen-bond acceptors (Lipinski definition) is 7. The van der Waals surface area contributed by atoms with Crippen molar-refractivity contribution in [3.63, 3.8) is 0 Å². The largest absolute Gasteiger partial charge is 0.507 e. The summed E-state index contributed by atoms with van der Waals surface area (Å²) >= 11 is 0. The molecule has 0 amide bonds. The van der Waals surface area contributed by atoms with Gasteiger partial charge in [0.1, 0.15) is 22.5 Å². The molecule has 1 aliphatic rings. The molecule has 7 heteroatoms. The summed E-state index contributed by atoms with van der Waals surface area (Å²) in [5.41, 5.74) is 1.86. The van der Waals surface area contributed by atoms with Gasteiger partial charge in [0, 0.05) is 28.8 Å². The fourth-order valence-electron chi connectivity index (χ4n) is 4.61. The highest BCUT2D eigenvalue weighted by molar-refractivity contribution is 5.88. The van der Waals surface area contributed by atoms with Crippen LogP contribution in [0.15, 0.2) is 100 Å². The maximum absolute atomic E-state index is 13.2. The average Bonchev–Trinajstić information content (AvgIpc) is 3.33. The lowest BCUT2D eigenvalue weighted by atomic mass is 9.97. The van der Waals surface area contributed by atoms with E-state index in [1.165, 1.54) is 20.3 Å². The zero-order valence-electron chi connectivity index (χ0n) is 20.1. The van der Waals surface area contributed by atoms with Crippen molar-refractivity contribution in [2.24, 2.45) is 0 Å². The summed E-state index contributed by atoms with van der Waals surface area (Å²) in [5, 5.41) is 10.4. The van der Waals surface area contributed by atoms with Crippen LogP contribution in [0.25, 0.3) is 22.3 Å². The van der Waals surface area contributed by atoms with E-state index < -0.39 is 11.2 Å². The zero-order valence-corrected chi connectivity index (χ0v) is 20.1. The average molecular weight is 494 g/mol. The molecule has 1 N–H and O–H groups in total. The summed E-state index contributed by atoms with van der Waals surface area (Å²) in [5.74, 6) is 0.0814. The Morgan fingerprint density at radius 3 is 2.03 bits per heavy atom. The van der Waals surface area contributed by atoms with Crippen LogP contribution in [0.3, 0.4) is 0 Å². The number of benzene rings is 4. The number of aromatic hydroxyl groups is 1. The monoisotopic (exact) mass is 494 g/mol. The van der Waals surface area contributed by atoms with Gasteiger partial charge >= 0.3 is 5.79 Å². The van der Waals surface area contributed by atoms with Gasteiger partial charge in [0.05, 0.1) is 14.2 Å². The van der Waals surface area contributed by atoms with Crippen LogP contribution >= 0.6 is 0 Å². The molecule has 0 radical (unpaired) electrons. The van der Waals surface area contributed by atoms with Crippen LogP contribution in [0, 0.1) is 0 Å². The van der Waals surface area contributed by atoms with Gasteiger partial charge in [-0.1, -0.05) is 60.7 Å². The Kier molecular flexibility index (Phi) is 5.26. The van der Waals surface area contributed by atoms with E-state index in [0.29, 0.717) is 22.8 Å². The molecule has 5 aromatic rings. The van der Waals surface area contributed by atoms with Gasteiger partial charge in [0.15, 0.2) is 17.3 Å². The molecule has 1 aromatic heterocycles. The minimum absolute atomic E-state index is 0.00863. The second-order valence-electron chi connectivity index (χ2n) is 8.53. The van der Waals surface area contributed by atoms with Crippen LogP contribution in [0.5, 0.6) is 28.7 Å². The van der Waals surface area contributed by atoms with Gasteiger partial charge in [-0.2, -0.15) is 0 Å². The van der Waals surface area contributed by atoms with Gasteiger partial charge in [-0.15, -0.1) is 0 Å². The first kappa shape index (κ1) is 22.5. The molecule has 0 bridgehead atoms. The molecular formula is C30H22O7. The summed E-state index contributed by atoms with van der Waals surface area (Å²) in [4.78, 5) is 13.2. The minimum atomic E-state index is -1.18. The van der Waals surface area contributed by atoms with E-state index in [1.54, 1.807) is 24.3 Å². The number of hydrogen-bond donors (Lipinski definition) is 1. The van der Waals surface area contributed by atoms with E-state index in [0.717, 1.165) is 11.1 Å². The standard InChI is InChI=1S/C30H22O7/c1-33-21-16-22(31)26-25(17-21)35-28(29(34-2)27(26)32)18-13-14-23-24(15-18)37-30(36-23,19-9-5-3-6-10-19)20-11-7-4-8-12-20/h3-17,31H,1-2H3. The van der Waals surface area contributed by atoms with Gasteiger partial charge in [-0.25, -0.2) is 0 Å². The summed E-state index contributed by atoms with van der Waals surface area (Å²) in [6.07, 6.45) is 0. The molecule has 0 atom stereocenters. The van der Waals surface area contributed by atoms with E-state index >= 15 is 0 Å². The highest BCUT2D eigenvalue weighted by Gasteiger charge is 2.45. The summed E-state index contributed by atoms with van der Waals surface area (Å²) < 4.78 is 29.7. The SMILES string of the molecule is COc1cc(O)c2c(=O)c(OC)c(-c3ccc4c(c3)OC(c3ccccc3)(c3ccccc3)O4)oc2c1. The van der Waals surface area contributed by atoms with Crippen LogP contribution in [0.4, 0.5) is 0 Å². The molecule has 2 heterocycles. The second-order valence-corrected chi connectivity index (χ2v) is 8.53. The molecule has 37 heavy (non-hydrogen) atoms. The van der Waals surface area contributed by atoms with Crippen LogP contribution < -0.4 is 24.4 Å². The number of phenolic OH excluding ortho intramolecular Hbond substituents is 1. The van der Waals surface area contributed by atoms with Crippen molar-refractivity contribution in [1.82, 2.24) is 0 Å². The molecular weight excluding hydrogens is 472 g/mol. The molecule has 4 aromatic carbocycles. The molecule has 184 valence electrons. The number of methoxy groups -OCH3 is 2. The fraction of sp³-hybridized carbons (Fsp3) is 0.100. The molecule has 0 unspecified atom stereocenters. The molecule has 0 saturated heterocycles.